The fourth-order valence-electron chi connectivity index (χ4n) is 2.36. The smallest absolute Gasteiger partial charge is 0.275 e. The Morgan fingerprint density at radius 2 is 1.92 bits per heavy atom. The second kappa shape index (κ2) is 7.21. The van der Waals surface area contributed by atoms with Gasteiger partial charge < -0.3 is 14.1 Å². The van der Waals surface area contributed by atoms with Crippen LogP contribution >= 0.6 is 0 Å². The number of hydrogen-bond acceptors (Lipinski definition) is 5. The van der Waals surface area contributed by atoms with Crippen molar-refractivity contribution in [2.45, 2.75) is 45.5 Å². The lowest BCUT2D eigenvalue weighted by molar-refractivity contribution is -0.385. The van der Waals surface area contributed by atoms with Crippen molar-refractivity contribution in [3.63, 3.8) is 0 Å². The van der Waals surface area contributed by atoms with Crippen LogP contribution in [0, 0.1) is 10.1 Å². The van der Waals surface area contributed by atoms with Crippen molar-refractivity contribution in [2.75, 3.05) is 31.2 Å². The van der Waals surface area contributed by atoms with E-state index in [4.69, 9.17) is 9.16 Å². The van der Waals surface area contributed by atoms with E-state index in [2.05, 4.69) is 38.8 Å². The largest absolute Gasteiger partial charge is 0.412 e. The number of nitro benzene ring substituents is 1. The third-order valence-electron chi connectivity index (χ3n) is 5.03. The van der Waals surface area contributed by atoms with Gasteiger partial charge in [-0.15, -0.1) is 0 Å². The maximum absolute atomic E-state index is 11.4. The standard InChI is InChI=1S/C17H28N2O4Si/c1-17(2,3)24(4,5)23-13-14-12-15(6-7-16(14)19(20)21)18-8-10-22-11-9-18/h6-7,12H,8-11,13H2,1-5H3. The molecule has 1 aromatic rings. The molecule has 0 N–H and O–H groups in total. The van der Waals surface area contributed by atoms with Crippen LogP contribution in [0.25, 0.3) is 0 Å². The summed E-state index contributed by atoms with van der Waals surface area (Å²) in [5, 5.41) is 11.4. The summed E-state index contributed by atoms with van der Waals surface area (Å²) in [4.78, 5) is 13.2. The molecule has 0 radical (unpaired) electrons. The molecule has 1 saturated heterocycles. The lowest BCUT2D eigenvalue weighted by Gasteiger charge is -2.36. The Balaban J connectivity index is 2.23. The van der Waals surface area contributed by atoms with Crippen LogP contribution in [0.15, 0.2) is 18.2 Å². The van der Waals surface area contributed by atoms with Crippen molar-refractivity contribution >= 4 is 19.7 Å². The summed E-state index contributed by atoms with van der Waals surface area (Å²) in [6, 6.07) is 5.31. The number of nitrogens with zero attached hydrogens (tertiary/aromatic N) is 2. The number of rotatable bonds is 5. The average Bonchev–Trinajstić information content (AvgIpc) is 2.52. The van der Waals surface area contributed by atoms with Crippen LogP contribution in [0.1, 0.15) is 26.3 Å². The molecule has 1 aliphatic heterocycles. The maximum Gasteiger partial charge on any atom is 0.275 e. The van der Waals surface area contributed by atoms with Gasteiger partial charge in [0.15, 0.2) is 8.32 Å². The molecule has 0 saturated carbocycles. The van der Waals surface area contributed by atoms with Crippen molar-refractivity contribution in [3.05, 3.63) is 33.9 Å². The molecule has 0 aliphatic carbocycles. The fourth-order valence-corrected chi connectivity index (χ4v) is 3.31. The van der Waals surface area contributed by atoms with Crippen LogP contribution in [-0.4, -0.2) is 39.5 Å². The van der Waals surface area contributed by atoms with Gasteiger partial charge in [-0.1, -0.05) is 20.8 Å². The third kappa shape index (κ3) is 4.34. The Labute approximate surface area is 145 Å². The normalized spacial score (nSPS) is 16.3. The van der Waals surface area contributed by atoms with Gasteiger partial charge in [0.1, 0.15) is 0 Å². The highest BCUT2D eigenvalue weighted by Gasteiger charge is 2.37. The minimum absolute atomic E-state index is 0.0730. The molecule has 1 fully saturated rings. The molecule has 1 aromatic carbocycles. The molecule has 1 heterocycles. The molecule has 0 amide bonds. The van der Waals surface area contributed by atoms with Crippen LogP contribution in [-0.2, 0) is 15.8 Å². The second-order valence-corrected chi connectivity index (χ2v) is 12.5. The number of hydrogen-bond donors (Lipinski definition) is 0. The molecule has 24 heavy (non-hydrogen) atoms. The molecule has 7 heteroatoms. The van der Waals surface area contributed by atoms with Crippen molar-refractivity contribution in [3.8, 4) is 0 Å². The van der Waals surface area contributed by atoms with Gasteiger partial charge in [-0.25, -0.2) is 0 Å². The molecule has 0 aromatic heterocycles. The quantitative estimate of drug-likeness (QED) is 0.456. The Morgan fingerprint density at radius 3 is 2.46 bits per heavy atom. The first-order valence-electron chi connectivity index (χ1n) is 8.36. The number of benzene rings is 1. The average molecular weight is 353 g/mol. The van der Waals surface area contributed by atoms with Gasteiger partial charge >= 0.3 is 0 Å². The lowest BCUT2D eigenvalue weighted by Crippen LogP contribution is -2.40. The number of nitro groups is 1. The molecule has 6 nitrogen and oxygen atoms in total. The van der Waals surface area contributed by atoms with E-state index in [1.807, 2.05) is 12.1 Å². The summed E-state index contributed by atoms with van der Waals surface area (Å²) < 4.78 is 11.6. The van der Waals surface area contributed by atoms with E-state index >= 15 is 0 Å². The van der Waals surface area contributed by atoms with E-state index in [0.29, 0.717) is 18.8 Å². The summed E-state index contributed by atoms with van der Waals surface area (Å²) in [6.07, 6.45) is 0. The molecule has 2 rings (SSSR count). The van der Waals surface area contributed by atoms with Gasteiger partial charge in [-0.3, -0.25) is 10.1 Å². The Morgan fingerprint density at radius 1 is 1.29 bits per heavy atom. The van der Waals surface area contributed by atoms with Crippen LogP contribution in [0.4, 0.5) is 11.4 Å². The molecular weight excluding hydrogens is 324 g/mol. The van der Waals surface area contributed by atoms with Crippen LogP contribution in [0.5, 0.6) is 0 Å². The van der Waals surface area contributed by atoms with Gasteiger partial charge in [-0.05, 0) is 30.3 Å². The van der Waals surface area contributed by atoms with E-state index in [1.165, 1.54) is 0 Å². The lowest BCUT2D eigenvalue weighted by atomic mass is 10.1. The summed E-state index contributed by atoms with van der Waals surface area (Å²) >= 11 is 0. The Kier molecular flexibility index (Phi) is 5.67. The highest BCUT2D eigenvalue weighted by molar-refractivity contribution is 6.74. The minimum Gasteiger partial charge on any atom is -0.412 e. The first kappa shape index (κ1) is 18.9. The van der Waals surface area contributed by atoms with Gasteiger partial charge in [0.05, 0.1) is 30.3 Å². The number of ether oxygens (including phenoxy) is 1. The van der Waals surface area contributed by atoms with E-state index in [9.17, 15) is 10.1 Å². The molecule has 0 atom stereocenters. The molecule has 0 spiro atoms. The molecule has 0 bridgehead atoms. The Hall–Kier alpha value is -1.44. The highest BCUT2D eigenvalue weighted by Crippen LogP contribution is 2.38. The van der Waals surface area contributed by atoms with Crippen LogP contribution in [0.2, 0.25) is 18.1 Å². The van der Waals surface area contributed by atoms with Gasteiger partial charge in [0.25, 0.3) is 5.69 Å². The second-order valence-electron chi connectivity index (χ2n) is 7.72. The minimum atomic E-state index is -1.96. The van der Waals surface area contributed by atoms with Crippen molar-refractivity contribution < 1.29 is 14.1 Å². The predicted octanol–water partition coefficient (Wildman–Crippen LogP) is 3.95. The maximum atomic E-state index is 11.4. The van der Waals surface area contributed by atoms with Gasteiger partial charge in [-0.2, -0.15) is 0 Å². The summed E-state index contributed by atoms with van der Waals surface area (Å²) in [5.41, 5.74) is 1.78. The first-order chi connectivity index (χ1) is 11.1. The fraction of sp³-hybridized carbons (Fsp3) is 0.647. The third-order valence-corrected chi connectivity index (χ3v) is 9.51. The monoisotopic (exact) mass is 352 g/mol. The topological polar surface area (TPSA) is 64.8 Å². The van der Waals surface area contributed by atoms with Gasteiger partial charge in [0.2, 0.25) is 0 Å². The predicted molar refractivity (Wildman–Crippen MR) is 98.1 cm³/mol. The molecule has 1 aliphatic rings. The Bertz CT molecular complexity index is 593. The molecule has 134 valence electrons. The summed E-state index contributed by atoms with van der Waals surface area (Å²) in [6.45, 7) is 14.1. The summed E-state index contributed by atoms with van der Waals surface area (Å²) in [7, 11) is -1.96. The SMILES string of the molecule is CC(C)(C)[Si](C)(C)OCc1cc(N2CCOCC2)ccc1[N+](=O)[O-]. The van der Waals surface area contributed by atoms with Crippen LogP contribution in [0.3, 0.4) is 0 Å². The van der Waals surface area contributed by atoms with E-state index in [0.717, 1.165) is 18.8 Å². The zero-order chi connectivity index (χ0) is 18.0. The van der Waals surface area contributed by atoms with Gasteiger partial charge in [0, 0.05) is 24.8 Å². The zero-order valence-electron chi connectivity index (χ0n) is 15.3. The van der Waals surface area contributed by atoms with Crippen molar-refractivity contribution in [1.82, 2.24) is 0 Å². The van der Waals surface area contributed by atoms with E-state index in [-0.39, 0.29) is 22.3 Å². The number of anilines is 1. The van der Waals surface area contributed by atoms with E-state index in [1.54, 1.807) is 6.07 Å². The van der Waals surface area contributed by atoms with Crippen LogP contribution < -0.4 is 4.90 Å². The summed E-state index contributed by atoms with van der Waals surface area (Å²) in [5.74, 6) is 0. The zero-order valence-corrected chi connectivity index (χ0v) is 16.3. The first-order valence-corrected chi connectivity index (χ1v) is 11.3. The molecule has 0 unspecified atom stereocenters. The van der Waals surface area contributed by atoms with Crippen molar-refractivity contribution in [2.24, 2.45) is 0 Å². The number of morpholine rings is 1. The molecular formula is C17H28N2O4Si. The highest BCUT2D eigenvalue weighted by atomic mass is 28.4. The van der Waals surface area contributed by atoms with Crippen molar-refractivity contribution in [1.29, 1.82) is 0 Å². The van der Waals surface area contributed by atoms with E-state index < -0.39 is 8.32 Å².